The Morgan fingerprint density at radius 2 is 2.35 bits per heavy atom. The predicted molar refractivity (Wildman–Crippen MR) is 61.7 cm³/mol. The molecule has 1 fully saturated rings. The van der Waals surface area contributed by atoms with Crippen molar-refractivity contribution in [1.82, 2.24) is 10.1 Å². The van der Waals surface area contributed by atoms with Gasteiger partial charge in [-0.05, 0) is 26.2 Å². The average Bonchev–Trinajstić information content (AvgIpc) is 2.77. The van der Waals surface area contributed by atoms with Crippen LogP contribution in [-0.4, -0.2) is 34.6 Å². The molecule has 1 heterocycles. The van der Waals surface area contributed by atoms with Crippen molar-refractivity contribution in [3.8, 4) is 0 Å². The van der Waals surface area contributed by atoms with Gasteiger partial charge in [0.15, 0.2) is 5.82 Å². The van der Waals surface area contributed by atoms with Crippen LogP contribution in [0.25, 0.3) is 0 Å². The fourth-order valence-corrected chi connectivity index (χ4v) is 2.24. The van der Waals surface area contributed by atoms with Crippen LogP contribution in [0.2, 0.25) is 0 Å². The molecule has 0 spiro atoms. The maximum atomic E-state index is 9.62. The van der Waals surface area contributed by atoms with Gasteiger partial charge in [-0.1, -0.05) is 11.6 Å². The summed E-state index contributed by atoms with van der Waals surface area (Å²) in [6.07, 6.45) is 4.21. The van der Waals surface area contributed by atoms with Gasteiger partial charge in [0, 0.05) is 19.4 Å². The summed E-state index contributed by atoms with van der Waals surface area (Å²) in [5.74, 6) is 1.58. The molecule has 1 N–H and O–H groups in total. The summed E-state index contributed by atoms with van der Waals surface area (Å²) >= 11 is 0. The molecular weight excluding hydrogens is 220 g/mol. The normalized spacial score (nSPS) is 27.0. The first-order valence-corrected chi connectivity index (χ1v) is 6.22. The minimum atomic E-state index is -0.220. The van der Waals surface area contributed by atoms with Crippen LogP contribution in [0.4, 0.5) is 0 Å². The molecular formula is C12H20N2O3. The molecule has 1 aliphatic carbocycles. The molecule has 96 valence electrons. The van der Waals surface area contributed by atoms with E-state index in [1.807, 2.05) is 6.92 Å². The minimum absolute atomic E-state index is 0.0948. The number of nitrogens with zero attached hydrogens (tertiary/aromatic N) is 2. The van der Waals surface area contributed by atoms with E-state index in [2.05, 4.69) is 10.1 Å². The van der Waals surface area contributed by atoms with E-state index in [1.54, 1.807) is 7.11 Å². The number of hydrogen-bond donors (Lipinski definition) is 1. The smallest absolute Gasteiger partial charge is 0.229 e. The molecule has 3 atom stereocenters. The summed E-state index contributed by atoms with van der Waals surface area (Å²) in [5.41, 5.74) is 0. The Bertz CT molecular complexity index is 353. The highest BCUT2D eigenvalue weighted by Gasteiger charge is 2.26. The Labute approximate surface area is 101 Å². The summed E-state index contributed by atoms with van der Waals surface area (Å²) in [6.45, 7) is 1.97. The van der Waals surface area contributed by atoms with Crippen LogP contribution in [0.15, 0.2) is 4.52 Å². The van der Waals surface area contributed by atoms with Crippen molar-refractivity contribution in [2.75, 3.05) is 7.11 Å². The molecule has 0 amide bonds. The third-order valence-corrected chi connectivity index (χ3v) is 3.35. The van der Waals surface area contributed by atoms with E-state index >= 15 is 0 Å². The summed E-state index contributed by atoms with van der Waals surface area (Å²) < 4.78 is 10.4. The zero-order valence-corrected chi connectivity index (χ0v) is 10.4. The molecule has 2 rings (SSSR count). The van der Waals surface area contributed by atoms with Crippen molar-refractivity contribution in [2.24, 2.45) is 0 Å². The number of aliphatic hydroxyl groups excluding tert-OH is 1. The second-order valence-corrected chi connectivity index (χ2v) is 4.82. The van der Waals surface area contributed by atoms with Gasteiger partial charge in [-0.15, -0.1) is 0 Å². The first-order chi connectivity index (χ1) is 8.19. The molecule has 3 unspecified atom stereocenters. The van der Waals surface area contributed by atoms with E-state index in [1.165, 1.54) is 0 Å². The van der Waals surface area contributed by atoms with Crippen LogP contribution in [-0.2, 0) is 11.2 Å². The van der Waals surface area contributed by atoms with Gasteiger partial charge >= 0.3 is 0 Å². The fraction of sp³-hybridized carbons (Fsp3) is 0.833. The van der Waals surface area contributed by atoms with Crippen molar-refractivity contribution in [3.05, 3.63) is 11.7 Å². The van der Waals surface area contributed by atoms with E-state index in [4.69, 9.17) is 9.26 Å². The Kier molecular flexibility index (Phi) is 4.12. The third-order valence-electron chi connectivity index (χ3n) is 3.35. The third kappa shape index (κ3) is 3.26. The maximum absolute atomic E-state index is 9.62. The van der Waals surface area contributed by atoms with Crippen LogP contribution in [0.3, 0.4) is 0 Å². The van der Waals surface area contributed by atoms with Crippen LogP contribution < -0.4 is 0 Å². The van der Waals surface area contributed by atoms with E-state index < -0.39 is 0 Å². The lowest BCUT2D eigenvalue weighted by molar-refractivity contribution is 0.111. The summed E-state index contributed by atoms with van der Waals surface area (Å²) in [5, 5.41) is 13.6. The molecule has 17 heavy (non-hydrogen) atoms. The van der Waals surface area contributed by atoms with Crippen molar-refractivity contribution in [1.29, 1.82) is 0 Å². The van der Waals surface area contributed by atoms with Gasteiger partial charge in [-0.3, -0.25) is 0 Å². The Morgan fingerprint density at radius 1 is 1.53 bits per heavy atom. The zero-order chi connectivity index (χ0) is 12.3. The van der Waals surface area contributed by atoms with Gasteiger partial charge in [-0.25, -0.2) is 0 Å². The molecule has 1 aliphatic rings. The van der Waals surface area contributed by atoms with Gasteiger partial charge < -0.3 is 14.4 Å². The second-order valence-electron chi connectivity index (χ2n) is 4.82. The quantitative estimate of drug-likeness (QED) is 0.867. The first kappa shape index (κ1) is 12.5. The predicted octanol–water partition coefficient (Wildman–Crippen LogP) is 1.67. The molecule has 1 aromatic heterocycles. The molecule has 0 bridgehead atoms. The lowest BCUT2D eigenvalue weighted by atomic mass is 9.87. The Morgan fingerprint density at radius 3 is 3.06 bits per heavy atom. The lowest BCUT2D eigenvalue weighted by Gasteiger charge is -2.22. The van der Waals surface area contributed by atoms with Crippen LogP contribution >= 0.6 is 0 Å². The van der Waals surface area contributed by atoms with Crippen LogP contribution in [0, 0.1) is 0 Å². The van der Waals surface area contributed by atoms with Crippen LogP contribution in [0.5, 0.6) is 0 Å². The molecule has 5 heteroatoms. The van der Waals surface area contributed by atoms with Crippen molar-refractivity contribution in [3.63, 3.8) is 0 Å². The second kappa shape index (κ2) is 5.60. The van der Waals surface area contributed by atoms with Gasteiger partial charge in [-0.2, -0.15) is 4.98 Å². The van der Waals surface area contributed by atoms with E-state index in [0.29, 0.717) is 18.1 Å². The molecule has 0 radical (unpaired) electrons. The minimum Gasteiger partial charge on any atom is -0.393 e. The highest BCUT2D eigenvalue weighted by molar-refractivity contribution is 4.97. The molecule has 0 aromatic carbocycles. The molecule has 0 saturated heterocycles. The molecule has 5 nitrogen and oxygen atoms in total. The fourth-order valence-electron chi connectivity index (χ4n) is 2.24. The van der Waals surface area contributed by atoms with Crippen LogP contribution in [0.1, 0.15) is 50.2 Å². The summed E-state index contributed by atoms with van der Waals surface area (Å²) in [7, 11) is 1.67. The highest BCUT2D eigenvalue weighted by atomic mass is 16.5. The van der Waals surface area contributed by atoms with Gasteiger partial charge in [0.05, 0.1) is 12.2 Å². The number of rotatable bonds is 4. The number of methoxy groups -OCH3 is 1. The number of hydrogen-bond acceptors (Lipinski definition) is 5. The number of aliphatic hydroxyl groups is 1. The monoisotopic (exact) mass is 240 g/mol. The van der Waals surface area contributed by atoms with E-state index in [0.717, 1.165) is 25.7 Å². The standard InChI is InChI=1S/C12H20N2O3/c1-8(16-2)6-11-13-12(17-14-11)9-4-3-5-10(15)7-9/h8-10,15H,3-7H2,1-2H3. The lowest BCUT2D eigenvalue weighted by Crippen LogP contribution is -2.18. The van der Waals surface area contributed by atoms with Gasteiger partial charge in [0.1, 0.15) is 0 Å². The molecule has 1 saturated carbocycles. The van der Waals surface area contributed by atoms with Crippen molar-refractivity contribution < 1.29 is 14.4 Å². The average molecular weight is 240 g/mol. The number of aromatic nitrogens is 2. The highest BCUT2D eigenvalue weighted by Crippen LogP contribution is 2.31. The topological polar surface area (TPSA) is 68.4 Å². The van der Waals surface area contributed by atoms with E-state index in [-0.39, 0.29) is 18.1 Å². The van der Waals surface area contributed by atoms with Gasteiger partial charge in [0.2, 0.25) is 5.89 Å². The zero-order valence-electron chi connectivity index (χ0n) is 10.4. The molecule has 1 aromatic rings. The Hall–Kier alpha value is -0.940. The first-order valence-electron chi connectivity index (χ1n) is 6.22. The van der Waals surface area contributed by atoms with E-state index in [9.17, 15) is 5.11 Å². The SMILES string of the molecule is COC(C)Cc1noc(C2CCCC(O)C2)n1. The molecule has 0 aliphatic heterocycles. The Balaban J connectivity index is 1.97. The van der Waals surface area contributed by atoms with Gasteiger partial charge in [0.25, 0.3) is 0 Å². The van der Waals surface area contributed by atoms with Crippen molar-refractivity contribution in [2.45, 2.75) is 57.2 Å². The maximum Gasteiger partial charge on any atom is 0.229 e. The summed E-state index contributed by atoms with van der Waals surface area (Å²) in [4.78, 5) is 4.39. The van der Waals surface area contributed by atoms with Crippen molar-refractivity contribution >= 4 is 0 Å². The largest absolute Gasteiger partial charge is 0.393 e. The number of ether oxygens (including phenoxy) is 1. The summed E-state index contributed by atoms with van der Waals surface area (Å²) in [6, 6.07) is 0.